The summed E-state index contributed by atoms with van der Waals surface area (Å²) in [5.74, 6) is 1.25. The van der Waals surface area contributed by atoms with Crippen LogP contribution in [0, 0.1) is 10.1 Å². The zero-order chi connectivity index (χ0) is 28.7. The van der Waals surface area contributed by atoms with Crippen LogP contribution in [0.4, 0.5) is 17.1 Å². The maximum absolute atomic E-state index is 13.8. The van der Waals surface area contributed by atoms with Crippen LogP contribution in [0.5, 0.6) is 17.4 Å². The number of sulfonamides is 1. The Labute approximate surface area is 235 Å². The van der Waals surface area contributed by atoms with Crippen LogP contribution >= 0.6 is 0 Å². The number of fused-ring (bicyclic) bond motifs is 2. The van der Waals surface area contributed by atoms with Crippen molar-refractivity contribution >= 4 is 38.0 Å². The molecule has 212 valence electrons. The van der Waals surface area contributed by atoms with Crippen molar-refractivity contribution in [1.82, 2.24) is 13.8 Å². The van der Waals surface area contributed by atoms with E-state index in [0.29, 0.717) is 42.0 Å². The fourth-order valence-electron chi connectivity index (χ4n) is 5.03. The van der Waals surface area contributed by atoms with Gasteiger partial charge in [-0.15, -0.1) is 10.2 Å². The number of non-ortho nitro benzene ring substituents is 1. The second-order valence-corrected chi connectivity index (χ2v) is 11.6. The Bertz CT molecular complexity index is 1800. The van der Waals surface area contributed by atoms with Gasteiger partial charge in [-0.2, -0.15) is 4.31 Å². The molecule has 1 aromatic heterocycles. The number of azo groups is 1. The third-order valence-electron chi connectivity index (χ3n) is 7.25. The van der Waals surface area contributed by atoms with Gasteiger partial charge in [0, 0.05) is 57.3 Å². The largest absolute Gasteiger partial charge is 0.493 e. The van der Waals surface area contributed by atoms with Crippen LogP contribution in [-0.4, -0.2) is 65.2 Å². The van der Waals surface area contributed by atoms with E-state index in [2.05, 4.69) is 15.1 Å². The Hall–Kier alpha value is -4.53. The van der Waals surface area contributed by atoms with Crippen molar-refractivity contribution in [2.75, 3.05) is 33.0 Å². The number of aromatic nitrogens is 1. The zero-order valence-electron chi connectivity index (χ0n) is 22.0. The maximum Gasteiger partial charge on any atom is 0.270 e. The Morgan fingerprint density at radius 2 is 1.73 bits per heavy atom. The smallest absolute Gasteiger partial charge is 0.270 e. The van der Waals surface area contributed by atoms with Gasteiger partial charge in [0.15, 0.2) is 17.2 Å². The molecule has 6 rings (SSSR count). The van der Waals surface area contributed by atoms with E-state index in [1.54, 1.807) is 23.7 Å². The fraction of sp³-hybridized carbons (Fsp3) is 0.259. The highest BCUT2D eigenvalue weighted by molar-refractivity contribution is 7.89. The molecular formula is C27H26N6O7S. The highest BCUT2D eigenvalue weighted by Crippen LogP contribution is 2.40. The minimum atomic E-state index is -4.16. The summed E-state index contributed by atoms with van der Waals surface area (Å²) in [6.45, 7) is 2.10. The summed E-state index contributed by atoms with van der Waals surface area (Å²) < 4.78 is 41.2. The molecule has 3 heterocycles. The molecule has 0 atom stereocenters. The average molecular weight is 579 g/mol. The molecule has 4 aromatic rings. The van der Waals surface area contributed by atoms with Crippen LogP contribution in [0.3, 0.4) is 0 Å². The monoisotopic (exact) mass is 578 g/mol. The molecule has 0 unspecified atom stereocenters. The van der Waals surface area contributed by atoms with Gasteiger partial charge in [0.2, 0.25) is 22.7 Å². The normalized spacial score (nSPS) is 16.1. The summed E-state index contributed by atoms with van der Waals surface area (Å²) >= 11 is 0. The molecule has 1 fully saturated rings. The minimum absolute atomic E-state index is 0.0641. The van der Waals surface area contributed by atoms with Crippen LogP contribution in [0.1, 0.15) is 5.56 Å². The lowest BCUT2D eigenvalue weighted by Crippen LogP contribution is -2.48. The molecule has 0 amide bonds. The summed E-state index contributed by atoms with van der Waals surface area (Å²) in [6, 6.07) is 16.3. The van der Waals surface area contributed by atoms with Crippen molar-refractivity contribution in [3.8, 4) is 17.4 Å². The van der Waals surface area contributed by atoms with Gasteiger partial charge in [0.25, 0.3) is 5.69 Å². The van der Waals surface area contributed by atoms with Gasteiger partial charge in [-0.1, -0.05) is 24.3 Å². The Morgan fingerprint density at radius 1 is 0.976 bits per heavy atom. The van der Waals surface area contributed by atoms with E-state index >= 15 is 0 Å². The first-order valence-corrected chi connectivity index (χ1v) is 14.2. The SMILES string of the molecule is Cn1c(O)c(N=Nc2ccc([N+](=O)[O-])cc2S(=O)(=O)N2CCN(Cc3ccc4c(c3)OCO4)CC2)c2ccccc21. The lowest BCUT2D eigenvalue weighted by molar-refractivity contribution is -0.385. The molecule has 41 heavy (non-hydrogen) atoms. The average Bonchev–Trinajstić information content (AvgIpc) is 3.54. The number of aryl methyl sites for hydroxylation is 1. The lowest BCUT2D eigenvalue weighted by Gasteiger charge is -2.34. The number of para-hydroxylation sites is 1. The van der Waals surface area contributed by atoms with Crippen LogP contribution in [0.15, 0.2) is 75.8 Å². The van der Waals surface area contributed by atoms with Gasteiger partial charge in [0.05, 0.1) is 10.4 Å². The molecule has 0 bridgehead atoms. The second kappa shape index (κ2) is 10.5. The number of hydrogen-bond donors (Lipinski definition) is 1. The van der Waals surface area contributed by atoms with E-state index in [1.165, 1.54) is 16.4 Å². The zero-order valence-corrected chi connectivity index (χ0v) is 22.8. The highest BCUT2D eigenvalue weighted by Gasteiger charge is 2.32. The van der Waals surface area contributed by atoms with Crippen LogP contribution in [0.25, 0.3) is 10.9 Å². The number of hydrogen-bond acceptors (Lipinski definition) is 10. The fourth-order valence-corrected chi connectivity index (χ4v) is 6.60. The van der Waals surface area contributed by atoms with Gasteiger partial charge in [-0.25, -0.2) is 8.42 Å². The number of nitrogens with zero attached hydrogens (tertiary/aromatic N) is 6. The quantitative estimate of drug-likeness (QED) is 0.192. The first-order chi connectivity index (χ1) is 19.7. The predicted octanol–water partition coefficient (Wildman–Crippen LogP) is 4.44. The lowest BCUT2D eigenvalue weighted by atomic mass is 10.2. The van der Waals surface area contributed by atoms with Gasteiger partial charge in [-0.3, -0.25) is 15.0 Å². The molecule has 13 nitrogen and oxygen atoms in total. The van der Waals surface area contributed by atoms with Crippen LogP contribution in [0.2, 0.25) is 0 Å². The van der Waals surface area contributed by atoms with Crippen molar-refractivity contribution in [3.05, 3.63) is 76.3 Å². The van der Waals surface area contributed by atoms with Crippen molar-refractivity contribution < 1.29 is 27.9 Å². The van der Waals surface area contributed by atoms with Gasteiger partial charge < -0.3 is 19.1 Å². The van der Waals surface area contributed by atoms with Crippen LogP contribution in [-0.2, 0) is 23.6 Å². The number of rotatable bonds is 7. The van der Waals surface area contributed by atoms with Crippen molar-refractivity contribution in [1.29, 1.82) is 0 Å². The Morgan fingerprint density at radius 3 is 2.51 bits per heavy atom. The third kappa shape index (κ3) is 4.96. The summed E-state index contributed by atoms with van der Waals surface area (Å²) in [7, 11) is -2.49. The predicted molar refractivity (Wildman–Crippen MR) is 148 cm³/mol. The molecule has 0 radical (unpaired) electrons. The molecule has 2 aliphatic heterocycles. The molecule has 1 N–H and O–H groups in total. The molecule has 0 saturated carbocycles. The van der Waals surface area contributed by atoms with E-state index in [1.807, 2.05) is 30.3 Å². The molecular weight excluding hydrogens is 552 g/mol. The maximum atomic E-state index is 13.8. The van der Waals surface area contributed by atoms with Crippen LogP contribution < -0.4 is 9.47 Å². The molecule has 0 spiro atoms. The van der Waals surface area contributed by atoms with Crippen molar-refractivity contribution in [3.63, 3.8) is 0 Å². The van der Waals surface area contributed by atoms with E-state index in [4.69, 9.17) is 9.47 Å². The standard InChI is InChI=1S/C27H26N6O7S/c1-30-22-5-3-2-4-20(22)26(27(30)34)29-28-21-8-7-19(33(35)36)15-25(21)41(37,38)32-12-10-31(11-13-32)16-18-6-9-23-24(14-18)40-17-39-23/h2-9,14-15,34H,10-13,16-17H2,1H3. The van der Waals surface area contributed by atoms with Crippen molar-refractivity contribution in [2.24, 2.45) is 17.3 Å². The Balaban J connectivity index is 1.25. The van der Waals surface area contributed by atoms with E-state index in [9.17, 15) is 23.6 Å². The molecule has 14 heteroatoms. The third-order valence-corrected chi connectivity index (χ3v) is 9.18. The minimum Gasteiger partial charge on any atom is -0.493 e. The number of nitro groups is 1. The first kappa shape index (κ1) is 26.7. The van der Waals surface area contributed by atoms with E-state index in [0.717, 1.165) is 11.6 Å². The first-order valence-electron chi connectivity index (χ1n) is 12.8. The summed E-state index contributed by atoms with van der Waals surface area (Å²) in [6.07, 6.45) is 0. The summed E-state index contributed by atoms with van der Waals surface area (Å²) in [5, 5.41) is 31.1. The van der Waals surface area contributed by atoms with Gasteiger partial charge in [-0.05, 0) is 29.8 Å². The topological polar surface area (TPSA) is 152 Å². The van der Waals surface area contributed by atoms with E-state index in [-0.39, 0.29) is 47.7 Å². The summed E-state index contributed by atoms with van der Waals surface area (Å²) in [5.41, 5.74) is 1.46. The molecule has 3 aromatic carbocycles. The summed E-state index contributed by atoms with van der Waals surface area (Å²) in [4.78, 5) is 12.7. The highest BCUT2D eigenvalue weighted by atomic mass is 32.2. The number of nitro benzene ring substituents is 1. The number of aromatic hydroxyl groups is 1. The van der Waals surface area contributed by atoms with E-state index < -0.39 is 14.9 Å². The Kier molecular flexibility index (Phi) is 6.81. The molecule has 1 saturated heterocycles. The number of benzene rings is 3. The number of ether oxygens (including phenoxy) is 2. The molecule has 2 aliphatic rings. The second-order valence-electron chi connectivity index (χ2n) is 9.73. The number of piperazine rings is 1. The van der Waals surface area contributed by atoms with Crippen molar-refractivity contribution in [2.45, 2.75) is 11.4 Å². The van der Waals surface area contributed by atoms with Gasteiger partial charge >= 0.3 is 0 Å². The molecule has 0 aliphatic carbocycles. The van der Waals surface area contributed by atoms with Gasteiger partial charge in [0.1, 0.15) is 10.6 Å².